The van der Waals surface area contributed by atoms with Crippen molar-refractivity contribution in [2.75, 3.05) is 4.90 Å². The highest BCUT2D eigenvalue weighted by atomic mass is 15.1. The Kier molecular flexibility index (Phi) is 7.25. The van der Waals surface area contributed by atoms with Gasteiger partial charge in [-0.15, -0.1) is 0 Å². The van der Waals surface area contributed by atoms with Crippen molar-refractivity contribution in [1.29, 1.82) is 0 Å². The molecule has 0 bridgehead atoms. The summed E-state index contributed by atoms with van der Waals surface area (Å²) in [5.41, 5.74) is 10.6. The van der Waals surface area contributed by atoms with Gasteiger partial charge in [-0.05, 0) is 148 Å². The summed E-state index contributed by atoms with van der Waals surface area (Å²) in [6.45, 7) is 0. The van der Waals surface area contributed by atoms with E-state index in [0.29, 0.717) is 0 Å². The van der Waals surface area contributed by atoms with Crippen molar-refractivity contribution in [3.8, 4) is 33.4 Å². The summed E-state index contributed by atoms with van der Waals surface area (Å²) in [5, 5.41) is 12.6. The van der Waals surface area contributed by atoms with Crippen molar-refractivity contribution < 1.29 is 0 Å². The maximum Gasteiger partial charge on any atom is 0.0473 e. The van der Waals surface area contributed by atoms with Crippen LogP contribution in [0.25, 0.3) is 87.2 Å². The van der Waals surface area contributed by atoms with Gasteiger partial charge in [-0.2, -0.15) is 0 Å². The molecular formula is C54H35N. The molecule has 11 rings (SSSR count). The lowest BCUT2D eigenvalue weighted by Gasteiger charge is -2.28. The second-order valence-corrected chi connectivity index (χ2v) is 14.6. The molecule has 0 aromatic heterocycles. The van der Waals surface area contributed by atoms with E-state index in [-0.39, 0.29) is 0 Å². The molecule has 0 aliphatic heterocycles. The Hall–Kier alpha value is -7.22. The van der Waals surface area contributed by atoms with E-state index >= 15 is 0 Å². The summed E-state index contributed by atoms with van der Waals surface area (Å²) < 4.78 is 0. The first-order valence-corrected chi connectivity index (χ1v) is 19.0. The van der Waals surface area contributed by atoms with Crippen molar-refractivity contribution in [2.45, 2.75) is 0 Å². The molecular weight excluding hydrogens is 663 g/mol. The van der Waals surface area contributed by atoms with E-state index < -0.39 is 0 Å². The molecule has 1 nitrogen and oxygen atoms in total. The fourth-order valence-corrected chi connectivity index (χ4v) is 8.58. The smallest absolute Gasteiger partial charge is 0.0473 e. The maximum absolute atomic E-state index is 2.44. The quantitative estimate of drug-likeness (QED) is 0.156. The number of hydrogen-bond acceptors (Lipinski definition) is 1. The molecule has 256 valence electrons. The normalized spacial score (nSPS) is 11.6. The van der Waals surface area contributed by atoms with Gasteiger partial charge in [0.15, 0.2) is 0 Å². The number of anilines is 3. The fourth-order valence-electron chi connectivity index (χ4n) is 8.58. The van der Waals surface area contributed by atoms with Crippen molar-refractivity contribution >= 4 is 70.9 Å². The monoisotopic (exact) mass is 697 g/mol. The van der Waals surface area contributed by atoms with Gasteiger partial charge in [0.1, 0.15) is 0 Å². The summed E-state index contributed by atoms with van der Waals surface area (Å²) in [4.78, 5) is 2.44. The van der Waals surface area contributed by atoms with E-state index in [1.54, 1.807) is 0 Å². The first-order valence-electron chi connectivity index (χ1n) is 19.0. The highest BCUT2D eigenvalue weighted by Gasteiger charge is 2.19. The minimum absolute atomic E-state index is 1.11. The third-order valence-electron chi connectivity index (χ3n) is 11.2. The van der Waals surface area contributed by atoms with Gasteiger partial charge in [-0.1, -0.05) is 152 Å². The molecule has 11 aromatic rings. The molecule has 0 spiro atoms. The maximum atomic E-state index is 2.44. The van der Waals surface area contributed by atoms with Crippen LogP contribution in [-0.2, 0) is 0 Å². The van der Waals surface area contributed by atoms with Gasteiger partial charge in [0.25, 0.3) is 0 Å². The molecule has 0 N–H and O–H groups in total. The first kappa shape index (κ1) is 31.3. The standard InChI is InChI=1S/C54H35N/c1-3-11-36(12-4-1)48-30-49(37-13-5-2-6-14-37)35-52(34-48)55(50-26-25-39-16-8-10-18-41(39)31-50)51-32-45-23-21-43-28-47(29-44-22-24-46(33-51)54(45)53(43)44)42-20-19-38-15-7-9-17-40(38)27-42/h1-35H. The van der Waals surface area contributed by atoms with Crippen LogP contribution < -0.4 is 4.90 Å². The van der Waals surface area contributed by atoms with E-state index in [0.717, 1.165) is 17.1 Å². The van der Waals surface area contributed by atoms with Crippen molar-refractivity contribution in [1.82, 2.24) is 0 Å². The van der Waals surface area contributed by atoms with E-state index in [1.165, 1.54) is 87.2 Å². The lowest BCUT2D eigenvalue weighted by Crippen LogP contribution is -2.10. The predicted octanol–water partition coefficient (Wildman–Crippen LogP) is 15.4. The van der Waals surface area contributed by atoms with Crippen LogP contribution in [0.1, 0.15) is 0 Å². The summed E-state index contributed by atoms with van der Waals surface area (Å²) in [6, 6.07) is 78.0. The summed E-state index contributed by atoms with van der Waals surface area (Å²) >= 11 is 0. The molecule has 0 fully saturated rings. The van der Waals surface area contributed by atoms with Crippen LogP contribution in [0.4, 0.5) is 17.1 Å². The largest absolute Gasteiger partial charge is 0.310 e. The number of nitrogens with zero attached hydrogens (tertiary/aromatic N) is 1. The van der Waals surface area contributed by atoms with E-state index in [2.05, 4.69) is 217 Å². The van der Waals surface area contributed by atoms with Crippen LogP contribution in [0.3, 0.4) is 0 Å². The van der Waals surface area contributed by atoms with Crippen LogP contribution in [-0.4, -0.2) is 0 Å². The average molecular weight is 698 g/mol. The van der Waals surface area contributed by atoms with Crippen molar-refractivity contribution in [3.63, 3.8) is 0 Å². The van der Waals surface area contributed by atoms with E-state index in [4.69, 9.17) is 0 Å². The molecule has 0 aliphatic carbocycles. The van der Waals surface area contributed by atoms with Gasteiger partial charge >= 0.3 is 0 Å². The minimum Gasteiger partial charge on any atom is -0.310 e. The topological polar surface area (TPSA) is 3.24 Å². The Morgan fingerprint density at radius 1 is 0.200 bits per heavy atom. The molecule has 0 amide bonds. The van der Waals surface area contributed by atoms with Gasteiger partial charge in [0.05, 0.1) is 0 Å². The molecule has 0 saturated carbocycles. The van der Waals surface area contributed by atoms with E-state index in [1.807, 2.05) is 0 Å². The number of rotatable bonds is 6. The van der Waals surface area contributed by atoms with Gasteiger partial charge < -0.3 is 4.90 Å². The summed E-state index contributed by atoms with van der Waals surface area (Å²) in [6.07, 6.45) is 0. The van der Waals surface area contributed by atoms with Crippen LogP contribution >= 0.6 is 0 Å². The van der Waals surface area contributed by atoms with Gasteiger partial charge in [0, 0.05) is 17.1 Å². The second-order valence-electron chi connectivity index (χ2n) is 14.6. The van der Waals surface area contributed by atoms with Crippen LogP contribution in [0.2, 0.25) is 0 Å². The van der Waals surface area contributed by atoms with Crippen LogP contribution in [0, 0.1) is 0 Å². The van der Waals surface area contributed by atoms with Crippen molar-refractivity contribution in [3.05, 3.63) is 212 Å². The number of benzene rings is 11. The zero-order valence-electron chi connectivity index (χ0n) is 30.2. The molecule has 0 saturated heterocycles. The SMILES string of the molecule is c1ccc(-c2cc(-c3ccccc3)cc(N(c3ccc4ccccc4c3)c3cc4ccc5cc(-c6ccc7ccccc7c6)cc6ccc(c3)c4c56)c2)cc1. The van der Waals surface area contributed by atoms with Crippen LogP contribution in [0.15, 0.2) is 212 Å². The first-order chi connectivity index (χ1) is 27.2. The number of hydrogen-bond donors (Lipinski definition) is 0. The third kappa shape index (κ3) is 5.48. The highest BCUT2D eigenvalue weighted by molar-refractivity contribution is 6.24. The Morgan fingerprint density at radius 3 is 1.15 bits per heavy atom. The Balaban J connectivity index is 1.12. The zero-order chi connectivity index (χ0) is 36.3. The summed E-state index contributed by atoms with van der Waals surface area (Å²) in [7, 11) is 0. The van der Waals surface area contributed by atoms with Gasteiger partial charge in [0.2, 0.25) is 0 Å². The zero-order valence-corrected chi connectivity index (χ0v) is 30.2. The Morgan fingerprint density at radius 2 is 0.582 bits per heavy atom. The molecule has 0 aliphatic rings. The second kappa shape index (κ2) is 12.7. The Bertz CT molecular complexity index is 3070. The van der Waals surface area contributed by atoms with Crippen LogP contribution in [0.5, 0.6) is 0 Å². The Labute approximate surface area is 320 Å². The molecule has 1 heteroatoms. The predicted molar refractivity (Wildman–Crippen MR) is 236 cm³/mol. The molecule has 0 unspecified atom stereocenters. The van der Waals surface area contributed by atoms with Gasteiger partial charge in [-0.3, -0.25) is 0 Å². The third-order valence-corrected chi connectivity index (χ3v) is 11.2. The van der Waals surface area contributed by atoms with E-state index in [9.17, 15) is 0 Å². The molecule has 11 aromatic carbocycles. The van der Waals surface area contributed by atoms with Gasteiger partial charge in [-0.25, -0.2) is 0 Å². The molecule has 0 radical (unpaired) electrons. The lowest BCUT2D eigenvalue weighted by atomic mass is 9.90. The number of fused-ring (bicyclic) bond motifs is 2. The molecule has 55 heavy (non-hydrogen) atoms. The molecule has 0 atom stereocenters. The molecule has 0 heterocycles. The lowest BCUT2D eigenvalue weighted by molar-refractivity contribution is 1.30. The van der Waals surface area contributed by atoms with Crippen molar-refractivity contribution in [2.24, 2.45) is 0 Å². The summed E-state index contributed by atoms with van der Waals surface area (Å²) in [5.74, 6) is 0. The minimum atomic E-state index is 1.11. The average Bonchev–Trinajstić information content (AvgIpc) is 3.25. The fraction of sp³-hybridized carbons (Fsp3) is 0. The highest BCUT2D eigenvalue weighted by Crippen LogP contribution is 2.45.